The van der Waals surface area contributed by atoms with Crippen molar-refractivity contribution in [3.63, 3.8) is 0 Å². The van der Waals surface area contributed by atoms with Gasteiger partial charge in [-0.3, -0.25) is 4.79 Å². The molecule has 0 saturated heterocycles. The summed E-state index contributed by atoms with van der Waals surface area (Å²) in [6.45, 7) is 0.411. The zero-order valence-corrected chi connectivity index (χ0v) is 8.93. The number of ether oxygens (including phenoxy) is 2. The molecular weight excluding hydrogens is 226 g/mol. The normalized spacial score (nSPS) is 14.0. The van der Waals surface area contributed by atoms with E-state index in [0.717, 1.165) is 0 Å². The van der Waals surface area contributed by atoms with Gasteiger partial charge in [0.1, 0.15) is 18.1 Å². The molecule has 0 saturated carbocycles. The fourth-order valence-electron chi connectivity index (χ4n) is 1.47. The second-order valence-electron chi connectivity index (χ2n) is 3.44. The minimum Gasteiger partial charge on any atom is -0.491 e. The highest BCUT2D eigenvalue weighted by Gasteiger charge is 2.17. The van der Waals surface area contributed by atoms with Gasteiger partial charge in [0.15, 0.2) is 6.61 Å². The number of aliphatic carboxylic acids is 1. The summed E-state index contributed by atoms with van der Waals surface area (Å²) in [5.74, 6) is -0.520. The zero-order valence-electron chi connectivity index (χ0n) is 8.93. The third kappa shape index (κ3) is 2.66. The predicted octanol–water partition coefficient (Wildman–Crippen LogP) is 0.272. The molecule has 0 fully saturated rings. The number of rotatable bonds is 3. The van der Waals surface area contributed by atoms with Crippen LogP contribution >= 0.6 is 0 Å². The number of benzene rings is 1. The second-order valence-corrected chi connectivity index (χ2v) is 3.44. The average Bonchev–Trinajstić information content (AvgIpc) is 2.49. The lowest BCUT2D eigenvalue weighted by Gasteiger charge is -2.08. The monoisotopic (exact) mass is 237 g/mol. The van der Waals surface area contributed by atoms with Crippen LogP contribution in [-0.2, 0) is 4.79 Å². The van der Waals surface area contributed by atoms with Crippen LogP contribution in [-0.4, -0.2) is 36.7 Å². The molecule has 0 atom stereocenters. The highest BCUT2D eigenvalue weighted by molar-refractivity contribution is 5.97. The van der Waals surface area contributed by atoms with Crippen LogP contribution in [0.2, 0.25) is 0 Å². The smallest absolute Gasteiger partial charge is 0.341 e. The Balaban J connectivity index is 2.22. The lowest BCUT2D eigenvalue weighted by Crippen LogP contribution is -2.24. The van der Waals surface area contributed by atoms with Gasteiger partial charge >= 0.3 is 5.97 Å². The fourth-order valence-corrected chi connectivity index (χ4v) is 1.47. The van der Waals surface area contributed by atoms with Crippen LogP contribution < -0.4 is 14.8 Å². The largest absolute Gasteiger partial charge is 0.491 e. The van der Waals surface area contributed by atoms with E-state index in [1.165, 1.54) is 6.07 Å². The van der Waals surface area contributed by atoms with E-state index in [1.807, 2.05) is 0 Å². The van der Waals surface area contributed by atoms with E-state index in [-0.39, 0.29) is 5.91 Å². The summed E-state index contributed by atoms with van der Waals surface area (Å²) >= 11 is 0. The first kappa shape index (κ1) is 11.3. The van der Waals surface area contributed by atoms with Crippen molar-refractivity contribution in [3.8, 4) is 11.5 Å². The number of amides is 1. The van der Waals surface area contributed by atoms with Crippen molar-refractivity contribution in [1.82, 2.24) is 5.32 Å². The van der Waals surface area contributed by atoms with Crippen molar-refractivity contribution in [1.29, 1.82) is 0 Å². The molecule has 17 heavy (non-hydrogen) atoms. The molecule has 1 aliphatic rings. The van der Waals surface area contributed by atoms with E-state index in [0.29, 0.717) is 30.2 Å². The van der Waals surface area contributed by atoms with E-state index < -0.39 is 12.6 Å². The molecule has 90 valence electrons. The molecule has 1 aromatic carbocycles. The van der Waals surface area contributed by atoms with Gasteiger partial charge in [0.25, 0.3) is 5.91 Å². The van der Waals surface area contributed by atoms with Gasteiger partial charge in [0, 0.05) is 0 Å². The number of hydrogen-bond donors (Lipinski definition) is 2. The van der Waals surface area contributed by atoms with Crippen molar-refractivity contribution < 1.29 is 24.2 Å². The Morgan fingerprint density at radius 3 is 3.12 bits per heavy atom. The van der Waals surface area contributed by atoms with Crippen molar-refractivity contribution in [2.45, 2.75) is 0 Å². The van der Waals surface area contributed by atoms with Crippen LogP contribution in [0.4, 0.5) is 0 Å². The first-order valence-corrected chi connectivity index (χ1v) is 5.06. The van der Waals surface area contributed by atoms with E-state index >= 15 is 0 Å². The maximum Gasteiger partial charge on any atom is 0.341 e. The molecule has 0 bridgehead atoms. The predicted molar refractivity (Wildman–Crippen MR) is 57.4 cm³/mol. The number of carbonyl (C=O) groups is 2. The second kappa shape index (κ2) is 4.73. The van der Waals surface area contributed by atoms with Crippen LogP contribution in [0.3, 0.4) is 0 Å². The van der Waals surface area contributed by atoms with Crippen LogP contribution in [0, 0.1) is 0 Å². The molecule has 6 heteroatoms. The number of carboxylic acids is 1. The Bertz CT molecular complexity index is 457. The van der Waals surface area contributed by atoms with E-state index in [4.69, 9.17) is 14.6 Å². The fraction of sp³-hybridized carbons (Fsp3) is 0.273. The van der Waals surface area contributed by atoms with Gasteiger partial charge in [-0.05, 0) is 18.2 Å². The SMILES string of the molecule is O=C(O)COc1ccc2c(c1)C(=O)NCCO2. The molecule has 0 aliphatic carbocycles. The minimum atomic E-state index is -1.07. The molecule has 1 amide bonds. The quantitative estimate of drug-likeness (QED) is 0.788. The summed E-state index contributed by atoms with van der Waals surface area (Å²) in [6, 6.07) is 4.64. The summed E-state index contributed by atoms with van der Waals surface area (Å²) in [4.78, 5) is 22.0. The number of nitrogens with one attached hydrogen (secondary N) is 1. The van der Waals surface area contributed by atoms with Crippen molar-refractivity contribution in [2.75, 3.05) is 19.8 Å². The van der Waals surface area contributed by atoms with Gasteiger partial charge in [0.2, 0.25) is 0 Å². The van der Waals surface area contributed by atoms with E-state index in [1.54, 1.807) is 12.1 Å². The van der Waals surface area contributed by atoms with Crippen LogP contribution in [0.25, 0.3) is 0 Å². The Morgan fingerprint density at radius 2 is 2.35 bits per heavy atom. The van der Waals surface area contributed by atoms with Gasteiger partial charge in [-0.15, -0.1) is 0 Å². The lowest BCUT2D eigenvalue weighted by molar-refractivity contribution is -0.139. The van der Waals surface area contributed by atoms with E-state index in [9.17, 15) is 9.59 Å². The maximum atomic E-state index is 11.6. The number of fused-ring (bicyclic) bond motifs is 1. The lowest BCUT2D eigenvalue weighted by atomic mass is 10.2. The van der Waals surface area contributed by atoms with Gasteiger partial charge in [-0.2, -0.15) is 0 Å². The molecule has 1 heterocycles. The Labute approximate surface area is 97.1 Å². The summed E-state index contributed by atoms with van der Waals surface area (Å²) < 4.78 is 10.3. The molecular formula is C11H11NO5. The molecule has 0 spiro atoms. The minimum absolute atomic E-state index is 0.252. The molecule has 1 aliphatic heterocycles. The first-order chi connectivity index (χ1) is 8.16. The third-order valence-electron chi connectivity index (χ3n) is 2.20. The summed E-state index contributed by atoms with van der Waals surface area (Å²) in [6.07, 6.45) is 0. The summed E-state index contributed by atoms with van der Waals surface area (Å²) in [5, 5.41) is 11.1. The van der Waals surface area contributed by atoms with Crippen molar-refractivity contribution >= 4 is 11.9 Å². The highest BCUT2D eigenvalue weighted by atomic mass is 16.5. The van der Waals surface area contributed by atoms with Crippen molar-refractivity contribution in [3.05, 3.63) is 23.8 Å². The Morgan fingerprint density at radius 1 is 1.53 bits per heavy atom. The van der Waals surface area contributed by atoms with Crippen LogP contribution in [0.15, 0.2) is 18.2 Å². The maximum absolute atomic E-state index is 11.6. The average molecular weight is 237 g/mol. The first-order valence-electron chi connectivity index (χ1n) is 5.06. The Hall–Kier alpha value is -2.24. The number of carboxylic acid groups (broad SMARTS) is 1. The Kier molecular flexibility index (Phi) is 3.13. The van der Waals surface area contributed by atoms with Gasteiger partial charge in [-0.25, -0.2) is 4.79 Å². The topological polar surface area (TPSA) is 84.9 Å². The number of hydrogen-bond acceptors (Lipinski definition) is 4. The van der Waals surface area contributed by atoms with E-state index in [2.05, 4.69) is 5.32 Å². The molecule has 1 aromatic rings. The molecule has 0 unspecified atom stereocenters. The summed E-state index contributed by atoms with van der Waals surface area (Å²) in [7, 11) is 0. The van der Waals surface area contributed by atoms with Crippen LogP contribution in [0.5, 0.6) is 11.5 Å². The van der Waals surface area contributed by atoms with Gasteiger partial charge in [0.05, 0.1) is 12.1 Å². The van der Waals surface area contributed by atoms with Gasteiger partial charge < -0.3 is 19.9 Å². The molecule has 2 rings (SSSR count). The van der Waals surface area contributed by atoms with Crippen molar-refractivity contribution in [2.24, 2.45) is 0 Å². The van der Waals surface area contributed by atoms with Crippen LogP contribution in [0.1, 0.15) is 10.4 Å². The molecule has 2 N–H and O–H groups in total. The molecule has 0 aromatic heterocycles. The number of carbonyl (C=O) groups excluding carboxylic acids is 1. The summed E-state index contributed by atoms with van der Waals surface area (Å²) in [5.41, 5.74) is 0.352. The molecule has 6 nitrogen and oxygen atoms in total. The third-order valence-corrected chi connectivity index (χ3v) is 2.20. The zero-order chi connectivity index (χ0) is 12.3. The highest BCUT2D eigenvalue weighted by Crippen LogP contribution is 2.25. The molecule has 0 radical (unpaired) electrons. The van der Waals surface area contributed by atoms with Gasteiger partial charge in [-0.1, -0.05) is 0 Å². The standard InChI is InChI=1S/C11H11NO5/c13-10(14)6-17-7-1-2-9-8(5-7)11(15)12-3-4-16-9/h1-2,5H,3-4,6H2,(H,12,15)(H,13,14).